The third-order valence-electron chi connectivity index (χ3n) is 6.66. The number of piperidine rings is 1. The molecule has 3 aromatic rings. The number of thioether (sulfide) groups is 1. The fourth-order valence-corrected chi connectivity index (χ4v) is 8.08. The van der Waals surface area contributed by atoms with Crippen LogP contribution in [0.4, 0.5) is 0 Å². The first kappa shape index (κ1) is 23.6. The van der Waals surface area contributed by atoms with Crippen molar-refractivity contribution in [2.75, 3.05) is 19.6 Å². The molecule has 0 N–H and O–H groups in total. The van der Waals surface area contributed by atoms with Crippen molar-refractivity contribution >= 4 is 50.2 Å². The number of sulfonamides is 1. The molecule has 0 aliphatic carbocycles. The number of pyridine rings is 1. The van der Waals surface area contributed by atoms with Gasteiger partial charge in [-0.1, -0.05) is 48.0 Å². The van der Waals surface area contributed by atoms with Crippen molar-refractivity contribution in [1.82, 2.24) is 14.2 Å². The second-order valence-electron chi connectivity index (χ2n) is 8.82. The van der Waals surface area contributed by atoms with E-state index in [-0.39, 0.29) is 27.3 Å². The van der Waals surface area contributed by atoms with Gasteiger partial charge in [0.15, 0.2) is 0 Å². The van der Waals surface area contributed by atoms with Crippen molar-refractivity contribution in [2.45, 2.75) is 35.3 Å². The number of aromatic nitrogens is 1. The standard InChI is InChI=1S/C25H26ClN3O3S2/c1-17-24(30)29(25(33-17)20-8-2-3-9-21(20)26)16-18-11-14-28(15-12-18)34(31,32)22-10-4-6-19-7-5-13-27-23(19)22/h2-10,13,17-18,25H,11-12,14-16H2,1H3. The lowest BCUT2D eigenvalue weighted by Crippen LogP contribution is -2.42. The normalized spacial score (nSPS) is 22.5. The van der Waals surface area contributed by atoms with Gasteiger partial charge in [-0.05, 0) is 43.9 Å². The minimum Gasteiger partial charge on any atom is -0.325 e. The molecule has 1 aromatic heterocycles. The second-order valence-corrected chi connectivity index (χ2v) is 12.6. The highest BCUT2D eigenvalue weighted by Gasteiger charge is 2.41. The fourth-order valence-electron chi connectivity index (χ4n) is 4.81. The lowest BCUT2D eigenvalue weighted by atomic mass is 9.97. The Balaban J connectivity index is 1.30. The van der Waals surface area contributed by atoms with Crippen LogP contribution in [0.15, 0.2) is 65.7 Å². The van der Waals surface area contributed by atoms with Crippen molar-refractivity contribution < 1.29 is 13.2 Å². The summed E-state index contributed by atoms with van der Waals surface area (Å²) in [7, 11) is -3.65. The van der Waals surface area contributed by atoms with Gasteiger partial charge in [0.2, 0.25) is 15.9 Å². The molecule has 2 fully saturated rings. The summed E-state index contributed by atoms with van der Waals surface area (Å²) in [6.45, 7) is 3.40. The van der Waals surface area contributed by atoms with Crippen LogP contribution < -0.4 is 0 Å². The molecular formula is C25H26ClN3O3S2. The zero-order valence-corrected chi connectivity index (χ0v) is 21.2. The average molecular weight is 516 g/mol. The lowest BCUT2D eigenvalue weighted by molar-refractivity contribution is -0.130. The first-order valence-corrected chi connectivity index (χ1v) is 14.2. The molecule has 0 radical (unpaired) electrons. The molecular weight excluding hydrogens is 490 g/mol. The number of hydrogen-bond donors (Lipinski definition) is 0. The number of hydrogen-bond acceptors (Lipinski definition) is 5. The van der Waals surface area contributed by atoms with E-state index in [0.717, 1.165) is 10.9 Å². The summed E-state index contributed by atoms with van der Waals surface area (Å²) < 4.78 is 28.4. The van der Waals surface area contributed by atoms with Crippen LogP contribution in [-0.2, 0) is 14.8 Å². The van der Waals surface area contributed by atoms with Gasteiger partial charge in [0, 0.05) is 41.8 Å². The Labute approximate surface area is 209 Å². The van der Waals surface area contributed by atoms with Gasteiger partial charge in [-0.3, -0.25) is 9.78 Å². The van der Waals surface area contributed by atoms with E-state index in [2.05, 4.69) is 4.98 Å². The van der Waals surface area contributed by atoms with Gasteiger partial charge in [0.05, 0.1) is 10.8 Å². The van der Waals surface area contributed by atoms with E-state index in [1.165, 1.54) is 0 Å². The maximum atomic E-state index is 13.4. The number of benzene rings is 2. The number of halogens is 1. The summed E-state index contributed by atoms with van der Waals surface area (Å²) in [5.41, 5.74) is 1.46. The molecule has 1 amide bonds. The highest BCUT2D eigenvalue weighted by molar-refractivity contribution is 8.01. The second kappa shape index (κ2) is 9.49. The van der Waals surface area contributed by atoms with Gasteiger partial charge in [-0.25, -0.2) is 8.42 Å². The molecule has 34 heavy (non-hydrogen) atoms. The summed E-state index contributed by atoms with van der Waals surface area (Å²) in [5, 5.41) is 1.24. The number of carbonyl (C=O) groups excluding carboxylic acids is 1. The van der Waals surface area contributed by atoms with Crippen molar-refractivity contribution in [3.63, 3.8) is 0 Å². The molecule has 0 bridgehead atoms. The van der Waals surface area contributed by atoms with Gasteiger partial charge < -0.3 is 4.90 Å². The van der Waals surface area contributed by atoms with Gasteiger partial charge >= 0.3 is 0 Å². The Kier molecular flexibility index (Phi) is 6.59. The molecule has 2 saturated heterocycles. The Bertz CT molecular complexity index is 1320. The van der Waals surface area contributed by atoms with Crippen LogP contribution in [-0.4, -0.2) is 53.4 Å². The molecule has 5 rings (SSSR count). The summed E-state index contributed by atoms with van der Waals surface area (Å²) in [5.74, 6) is 0.351. The number of amides is 1. The lowest BCUT2D eigenvalue weighted by Gasteiger charge is -2.35. The topological polar surface area (TPSA) is 70.6 Å². The largest absolute Gasteiger partial charge is 0.325 e. The van der Waals surface area contributed by atoms with Crippen LogP contribution in [0.2, 0.25) is 5.02 Å². The Hall–Kier alpha value is -2.13. The van der Waals surface area contributed by atoms with Crippen LogP contribution in [0.5, 0.6) is 0 Å². The molecule has 0 saturated carbocycles. The molecule has 3 heterocycles. The summed E-state index contributed by atoms with van der Waals surface area (Å²) >= 11 is 8.07. The smallest absolute Gasteiger partial charge is 0.245 e. The van der Waals surface area contributed by atoms with Crippen LogP contribution in [0.1, 0.15) is 30.7 Å². The van der Waals surface area contributed by atoms with Crippen molar-refractivity contribution in [1.29, 1.82) is 0 Å². The minimum absolute atomic E-state index is 0.111. The van der Waals surface area contributed by atoms with Crippen molar-refractivity contribution in [2.24, 2.45) is 5.92 Å². The first-order chi connectivity index (χ1) is 16.4. The van der Waals surface area contributed by atoms with Crippen LogP contribution in [0.3, 0.4) is 0 Å². The van der Waals surface area contributed by atoms with Crippen LogP contribution >= 0.6 is 23.4 Å². The Morgan fingerprint density at radius 2 is 1.79 bits per heavy atom. The van der Waals surface area contributed by atoms with Gasteiger partial charge in [0.1, 0.15) is 10.3 Å². The van der Waals surface area contributed by atoms with Crippen LogP contribution in [0, 0.1) is 5.92 Å². The monoisotopic (exact) mass is 515 g/mol. The molecule has 6 nitrogen and oxygen atoms in total. The van der Waals surface area contributed by atoms with Crippen molar-refractivity contribution in [3.05, 3.63) is 71.4 Å². The summed E-state index contributed by atoms with van der Waals surface area (Å²) in [6, 6.07) is 16.6. The number of fused-ring (bicyclic) bond motifs is 1. The zero-order valence-electron chi connectivity index (χ0n) is 18.8. The third kappa shape index (κ3) is 4.33. The van der Waals surface area contributed by atoms with Gasteiger partial charge in [0.25, 0.3) is 0 Å². The molecule has 2 aliphatic rings. The number of nitrogens with zero attached hydrogens (tertiary/aromatic N) is 3. The van der Waals surface area contributed by atoms with E-state index in [0.29, 0.717) is 43.0 Å². The SMILES string of the molecule is CC1SC(c2ccccc2Cl)N(CC2CCN(S(=O)(=O)c3cccc4cccnc34)CC2)C1=O. The quantitative estimate of drug-likeness (QED) is 0.480. The highest BCUT2D eigenvalue weighted by Crippen LogP contribution is 2.45. The first-order valence-electron chi connectivity index (χ1n) is 11.4. The maximum absolute atomic E-state index is 13.4. The van der Waals surface area contributed by atoms with E-state index in [9.17, 15) is 13.2 Å². The van der Waals surface area contributed by atoms with Crippen LogP contribution in [0.25, 0.3) is 10.9 Å². The summed E-state index contributed by atoms with van der Waals surface area (Å²) in [6.07, 6.45) is 3.03. The van der Waals surface area contributed by atoms with Crippen molar-refractivity contribution in [3.8, 4) is 0 Å². The number of rotatable bonds is 5. The third-order valence-corrected chi connectivity index (χ3v) is 10.3. The molecule has 178 valence electrons. The fraction of sp³-hybridized carbons (Fsp3) is 0.360. The molecule has 0 spiro atoms. The van der Waals surface area contributed by atoms with E-state index >= 15 is 0 Å². The Morgan fingerprint density at radius 3 is 2.56 bits per heavy atom. The van der Waals surface area contributed by atoms with Gasteiger partial charge in [-0.2, -0.15) is 4.31 Å². The van der Waals surface area contributed by atoms with Gasteiger partial charge in [-0.15, -0.1) is 11.8 Å². The molecule has 2 atom stereocenters. The molecule has 9 heteroatoms. The maximum Gasteiger partial charge on any atom is 0.245 e. The minimum atomic E-state index is -3.65. The average Bonchev–Trinajstić information content (AvgIpc) is 3.12. The predicted molar refractivity (Wildman–Crippen MR) is 136 cm³/mol. The zero-order chi connectivity index (χ0) is 23.9. The molecule has 2 aliphatic heterocycles. The predicted octanol–water partition coefficient (Wildman–Crippen LogP) is 4.95. The van der Waals surface area contributed by atoms with E-state index in [1.807, 2.05) is 48.2 Å². The summed E-state index contributed by atoms with van der Waals surface area (Å²) in [4.78, 5) is 19.5. The molecule has 2 aromatic carbocycles. The van der Waals surface area contributed by atoms with E-state index in [1.54, 1.807) is 40.5 Å². The number of carbonyl (C=O) groups is 1. The Morgan fingerprint density at radius 1 is 1.06 bits per heavy atom. The molecule has 2 unspecified atom stereocenters. The number of para-hydroxylation sites is 1. The van der Waals surface area contributed by atoms with E-state index in [4.69, 9.17) is 11.6 Å². The van der Waals surface area contributed by atoms with E-state index < -0.39 is 10.0 Å². The highest BCUT2D eigenvalue weighted by atomic mass is 35.5.